The maximum Gasteiger partial charge on any atom is 0.161 e. The van der Waals surface area contributed by atoms with Crippen molar-refractivity contribution in [3.8, 4) is 0 Å². The molecule has 0 aromatic rings. The molecule has 84 valence electrons. The van der Waals surface area contributed by atoms with Gasteiger partial charge in [-0.05, 0) is 24.7 Å². The second-order valence-corrected chi connectivity index (χ2v) is 5.18. The number of unbranched alkanes of at least 4 members (excludes halogenated alkanes) is 1. The van der Waals surface area contributed by atoms with Gasteiger partial charge in [-0.25, -0.2) is 0 Å². The zero-order valence-electron chi connectivity index (χ0n) is 9.97. The van der Waals surface area contributed by atoms with Gasteiger partial charge in [-0.1, -0.05) is 34.1 Å². The summed E-state index contributed by atoms with van der Waals surface area (Å²) in [5, 5.41) is 9.56. The predicted molar refractivity (Wildman–Crippen MR) is 59.2 cm³/mol. The molecule has 1 unspecified atom stereocenters. The third kappa shape index (κ3) is 7.07. The Bertz CT molecular complexity index is 168. The van der Waals surface area contributed by atoms with Crippen molar-refractivity contribution in [2.24, 2.45) is 5.41 Å². The lowest BCUT2D eigenvalue weighted by Crippen LogP contribution is -2.22. The summed E-state index contributed by atoms with van der Waals surface area (Å²) in [5.74, 6) is 0.0103. The third-order valence-electron chi connectivity index (χ3n) is 2.32. The van der Waals surface area contributed by atoms with E-state index in [-0.39, 0.29) is 11.2 Å². The number of hydrogen-bond acceptors (Lipinski definition) is 2. The molecule has 0 radical (unpaired) electrons. The van der Waals surface area contributed by atoms with Gasteiger partial charge in [-0.15, -0.1) is 0 Å². The Morgan fingerprint density at radius 2 is 1.93 bits per heavy atom. The van der Waals surface area contributed by atoms with Crippen LogP contribution in [0.5, 0.6) is 0 Å². The third-order valence-corrected chi connectivity index (χ3v) is 2.32. The Balaban J connectivity index is 3.73. The Labute approximate surface area is 87.7 Å². The number of rotatable bonds is 6. The molecule has 0 aromatic heterocycles. The van der Waals surface area contributed by atoms with E-state index in [1.54, 1.807) is 0 Å². The minimum Gasteiger partial charge on any atom is -0.385 e. The van der Waals surface area contributed by atoms with Crippen LogP contribution in [0.4, 0.5) is 0 Å². The van der Waals surface area contributed by atoms with Crippen molar-refractivity contribution in [1.82, 2.24) is 0 Å². The molecule has 0 amide bonds. The quantitative estimate of drug-likeness (QED) is 0.715. The zero-order valence-corrected chi connectivity index (χ0v) is 9.97. The van der Waals surface area contributed by atoms with Crippen molar-refractivity contribution in [2.75, 3.05) is 0 Å². The minimum absolute atomic E-state index is 0.0103. The van der Waals surface area contributed by atoms with E-state index in [0.717, 1.165) is 19.3 Å². The molecule has 1 atom stereocenters. The van der Waals surface area contributed by atoms with Crippen LogP contribution in [0.1, 0.15) is 59.8 Å². The zero-order chi connectivity index (χ0) is 11.2. The Morgan fingerprint density at radius 3 is 2.36 bits per heavy atom. The molecule has 2 heteroatoms. The highest BCUT2D eigenvalue weighted by molar-refractivity contribution is 5.82. The number of aliphatic hydroxyl groups excluding tert-OH is 1. The molecular formula is C12H24O2. The topological polar surface area (TPSA) is 37.3 Å². The van der Waals surface area contributed by atoms with Crippen molar-refractivity contribution in [2.45, 2.75) is 65.9 Å². The summed E-state index contributed by atoms with van der Waals surface area (Å²) < 4.78 is 0. The monoisotopic (exact) mass is 200 g/mol. The molecule has 0 rings (SSSR count). The first-order valence-electron chi connectivity index (χ1n) is 5.57. The highest BCUT2D eigenvalue weighted by Gasteiger charge is 2.18. The van der Waals surface area contributed by atoms with Gasteiger partial charge in [0.1, 0.15) is 6.10 Å². The van der Waals surface area contributed by atoms with Gasteiger partial charge in [-0.2, -0.15) is 0 Å². The van der Waals surface area contributed by atoms with Crippen LogP contribution < -0.4 is 0 Å². The normalized spacial score (nSPS) is 14.1. The van der Waals surface area contributed by atoms with Gasteiger partial charge in [0.25, 0.3) is 0 Å². The van der Waals surface area contributed by atoms with Crippen LogP contribution in [0, 0.1) is 5.41 Å². The molecule has 0 aliphatic rings. The van der Waals surface area contributed by atoms with Crippen molar-refractivity contribution in [3.63, 3.8) is 0 Å². The lowest BCUT2D eigenvalue weighted by molar-refractivity contribution is -0.127. The van der Waals surface area contributed by atoms with Crippen LogP contribution >= 0.6 is 0 Å². The smallest absolute Gasteiger partial charge is 0.161 e. The fourth-order valence-corrected chi connectivity index (χ4v) is 1.25. The van der Waals surface area contributed by atoms with Crippen LogP contribution in [0.3, 0.4) is 0 Å². The van der Waals surface area contributed by atoms with Crippen LogP contribution in [-0.2, 0) is 4.79 Å². The number of aliphatic hydroxyl groups is 1. The summed E-state index contributed by atoms with van der Waals surface area (Å²) in [7, 11) is 0. The first kappa shape index (κ1) is 13.6. The Morgan fingerprint density at radius 1 is 1.36 bits per heavy atom. The SMILES string of the molecule is CCCCC(=O)C(O)CCC(C)(C)C. The molecule has 1 N–H and O–H groups in total. The van der Waals surface area contributed by atoms with Crippen LogP contribution in [0.25, 0.3) is 0 Å². The largest absolute Gasteiger partial charge is 0.385 e. The van der Waals surface area contributed by atoms with E-state index in [2.05, 4.69) is 27.7 Å². The van der Waals surface area contributed by atoms with E-state index in [0.29, 0.717) is 12.8 Å². The number of hydrogen-bond donors (Lipinski definition) is 1. The van der Waals surface area contributed by atoms with Crippen molar-refractivity contribution < 1.29 is 9.90 Å². The van der Waals surface area contributed by atoms with E-state index >= 15 is 0 Å². The van der Waals surface area contributed by atoms with Gasteiger partial charge in [0, 0.05) is 6.42 Å². The van der Waals surface area contributed by atoms with E-state index in [1.165, 1.54) is 0 Å². The second-order valence-electron chi connectivity index (χ2n) is 5.18. The molecule has 14 heavy (non-hydrogen) atoms. The lowest BCUT2D eigenvalue weighted by Gasteiger charge is -2.19. The molecule has 0 saturated heterocycles. The van der Waals surface area contributed by atoms with Gasteiger partial charge in [0.2, 0.25) is 0 Å². The first-order chi connectivity index (χ1) is 6.37. The van der Waals surface area contributed by atoms with Crippen molar-refractivity contribution in [3.05, 3.63) is 0 Å². The van der Waals surface area contributed by atoms with Crippen LogP contribution in [0.15, 0.2) is 0 Å². The number of Topliss-reactive ketones (excluding diaryl/α,β-unsaturated/α-hetero) is 1. The fraction of sp³-hybridized carbons (Fsp3) is 0.917. The maximum absolute atomic E-state index is 11.4. The van der Waals surface area contributed by atoms with E-state index in [9.17, 15) is 9.90 Å². The molecule has 0 fully saturated rings. The molecule has 0 aliphatic heterocycles. The van der Waals surface area contributed by atoms with Crippen LogP contribution in [0.2, 0.25) is 0 Å². The van der Waals surface area contributed by atoms with Gasteiger partial charge < -0.3 is 5.11 Å². The summed E-state index contributed by atoms with van der Waals surface area (Å²) >= 11 is 0. The minimum atomic E-state index is -0.735. The molecule has 0 spiro atoms. The van der Waals surface area contributed by atoms with Gasteiger partial charge in [0.15, 0.2) is 5.78 Å². The average molecular weight is 200 g/mol. The Hall–Kier alpha value is -0.370. The van der Waals surface area contributed by atoms with E-state index in [1.807, 2.05) is 0 Å². The summed E-state index contributed by atoms with van der Waals surface area (Å²) in [4.78, 5) is 11.4. The highest BCUT2D eigenvalue weighted by atomic mass is 16.3. The number of ketones is 1. The highest BCUT2D eigenvalue weighted by Crippen LogP contribution is 2.22. The first-order valence-corrected chi connectivity index (χ1v) is 5.57. The molecule has 0 aromatic carbocycles. The van der Waals surface area contributed by atoms with Crippen molar-refractivity contribution in [1.29, 1.82) is 0 Å². The molecule has 0 heterocycles. The molecule has 0 saturated carbocycles. The second kappa shape index (κ2) is 6.18. The fourth-order valence-electron chi connectivity index (χ4n) is 1.25. The molecule has 0 bridgehead atoms. The van der Waals surface area contributed by atoms with Gasteiger partial charge >= 0.3 is 0 Å². The summed E-state index contributed by atoms with van der Waals surface area (Å²) in [6.07, 6.45) is 3.20. The summed E-state index contributed by atoms with van der Waals surface area (Å²) in [6.45, 7) is 8.41. The van der Waals surface area contributed by atoms with E-state index < -0.39 is 6.10 Å². The summed E-state index contributed by atoms with van der Waals surface area (Å²) in [5.41, 5.74) is 0.200. The average Bonchev–Trinajstić information content (AvgIpc) is 2.09. The predicted octanol–water partition coefficient (Wildman–Crippen LogP) is 2.93. The number of carbonyl (C=O) groups is 1. The lowest BCUT2D eigenvalue weighted by atomic mass is 9.88. The van der Waals surface area contributed by atoms with Crippen molar-refractivity contribution >= 4 is 5.78 Å². The van der Waals surface area contributed by atoms with Gasteiger partial charge in [0.05, 0.1) is 0 Å². The standard InChI is InChI=1S/C12H24O2/c1-5-6-7-10(13)11(14)8-9-12(2,3)4/h11,14H,5-9H2,1-4H3. The van der Waals surface area contributed by atoms with Crippen LogP contribution in [-0.4, -0.2) is 17.0 Å². The maximum atomic E-state index is 11.4. The molecular weight excluding hydrogens is 176 g/mol. The number of carbonyl (C=O) groups excluding carboxylic acids is 1. The summed E-state index contributed by atoms with van der Waals surface area (Å²) in [6, 6.07) is 0. The Kier molecular flexibility index (Phi) is 6.01. The van der Waals surface area contributed by atoms with Gasteiger partial charge in [-0.3, -0.25) is 4.79 Å². The van der Waals surface area contributed by atoms with E-state index in [4.69, 9.17) is 0 Å². The molecule has 0 aliphatic carbocycles. The molecule has 2 nitrogen and oxygen atoms in total.